The van der Waals surface area contributed by atoms with Crippen molar-refractivity contribution in [1.29, 1.82) is 0 Å². The van der Waals surface area contributed by atoms with Crippen LogP contribution in [0.15, 0.2) is 85.1 Å². The average Bonchev–Trinajstić information content (AvgIpc) is 1.79. The number of hydrogen-bond acceptors (Lipinski definition) is 24. The van der Waals surface area contributed by atoms with E-state index in [0.717, 1.165) is 0 Å². The van der Waals surface area contributed by atoms with Crippen molar-refractivity contribution < 1.29 is 111 Å². The second kappa shape index (κ2) is 56.2. The van der Waals surface area contributed by atoms with E-state index in [1.165, 1.54) is 100 Å². The number of carboxylic acids is 1. The third kappa shape index (κ3) is 38.6. The number of aromatic hydroxyl groups is 1. The molecule has 4 aromatic rings. The van der Waals surface area contributed by atoms with E-state index < -0.39 is 257 Å². The zero-order chi connectivity index (χ0) is 104. The number of fused-ring (bicyclic) bond motifs is 1. The van der Waals surface area contributed by atoms with Crippen molar-refractivity contribution in [2.45, 2.75) is 309 Å². The molecule has 1 aromatic heterocycles. The van der Waals surface area contributed by atoms with Crippen LogP contribution in [0.1, 0.15) is 210 Å². The molecule has 4 unspecified atom stereocenters. The number of aliphatic hydroxyl groups is 1. The van der Waals surface area contributed by atoms with Gasteiger partial charge in [0.2, 0.25) is 112 Å². The van der Waals surface area contributed by atoms with E-state index in [9.17, 15) is 82.4 Å². The number of para-hydroxylation sites is 1. The zero-order valence-electron chi connectivity index (χ0n) is 81.6. The normalized spacial score (nSPS) is 21.5. The number of carboxylic acid groups (broad SMARTS) is 1. The van der Waals surface area contributed by atoms with Crippen molar-refractivity contribution in [2.24, 2.45) is 35.1 Å². The van der Waals surface area contributed by atoms with Gasteiger partial charge in [0.15, 0.2) is 0 Å². The van der Waals surface area contributed by atoms with E-state index in [1.807, 2.05) is 0 Å². The van der Waals surface area contributed by atoms with Crippen LogP contribution in [-0.4, -0.2) is 247 Å². The lowest BCUT2D eigenvalue weighted by molar-refractivity contribution is -0.140. The number of Topliss-reactive ketones (excluding diaryl/α,β-unsaturated/α-hetero) is 4. The molecule has 1 aliphatic heterocycles. The Morgan fingerprint density at radius 2 is 1.08 bits per heavy atom. The topological polar surface area (TPSA) is 650 Å². The number of carbonyl (C=O) groups is 20. The Hall–Kier alpha value is -13.8. The molecule has 0 aliphatic carbocycles. The number of aromatic nitrogens is 1. The number of hydrogen-bond donors (Lipinski definition) is 21. The van der Waals surface area contributed by atoms with Crippen LogP contribution in [0.5, 0.6) is 5.75 Å². The molecule has 41 heteroatoms. The highest BCUT2D eigenvalue weighted by atomic mass is 16.4. The van der Waals surface area contributed by atoms with Crippen LogP contribution in [0.3, 0.4) is 0 Å². The highest BCUT2D eigenvalue weighted by Gasteiger charge is 2.44. The minimum atomic E-state index is -2.13. The maximum Gasteiger partial charge on any atom is 0.303 e. The number of primary amides is 2. The van der Waals surface area contributed by atoms with Crippen molar-refractivity contribution in [3.8, 4) is 29.4 Å². The first-order chi connectivity index (χ1) is 65.3. The first-order valence-electron chi connectivity index (χ1n) is 46.7. The first-order valence-corrected chi connectivity index (χ1v) is 46.7. The first kappa shape index (κ1) is 116. The van der Waals surface area contributed by atoms with Crippen molar-refractivity contribution >= 4 is 129 Å². The Balaban J connectivity index is 1.60. The molecular formula is C98H138N18O23. The molecule has 15 amide bonds. The van der Waals surface area contributed by atoms with Gasteiger partial charge in [-0.15, -0.1) is 0 Å². The van der Waals surface area contributed by atoms with E-state index >= 15 is 28.8 Å². The second-order valence-electron chi connectivity index (χ2n) is 36.8. The Morgan fingerprint density at radius 1 is 0.532 bits per heavy atom. The van der Waals surface area contributed by atoms with Crippen LogP contribution < -0.4 is 91.2 Å². The number of aliphatic hydroxyl groups excluding tert-OH is 1. The Bertz CT molecular complexity index is 5170. The number of phenolic OH excluding ortho intramolecular Hbond substituents is 1. The standard InChI is InChI=1S/C98H138N18O23/c1-53(2)45-67-52-103-71(39-41-77(99)120)83(126)82(125)58(8)105-90(133)76(49-66-51-102-70-34-28-27-33-69(66)70)111-91(134)74(48-65-35-37-68(119)38-36-65)110-89(132)72(40-42-78(121)122)113-96(139)98(15,116-93(136)75(47-64-31-25-24-26-32-64)112-94(137)79(62(12)117)114-92(135)73(46-54(3)4)109-63(13)118)44-30-23-21-19-17-16-18-20-22-29-43-97(14,115-88(67)131)95(138)108-61(11)87(130)107-60(10)86(129)106-59(9)85(128)104-57(7)81(124)80(123)56(6)101-50-55(5)84(100)127/h24-28,31-38,51,53-62,67,71-76,79,101-103,117,119H,20-23,29-30,39-50,52H2,1-15H3,(H2,99,120)(H2,100,127)(H,104,128)(H,105,133)(H,106,129)(H,107,130)(H,108,138)(H,109,118)(H,110,132)(H,111,134)(H,112,137)(H,113,139)(H,114,135)(H,115,131)(H,116,136)(H,121,122)/t55-,56-,57-,58?,59?,60-,61?,62+,67+,71-,72-,73-,74?,75-,76-,79-,97-,98-/m0/s1. The summed E-state index contributed by atoms with van der Waals surface area (Å²) in [5.74, 6) is -10.4. The number of H-pyrrole nitrogens is 1. The molecule has 0 radical (unpaired) electrons. The maximum atomic E-state index is 15.5. The Labute approximate surface area is 808 Å². The summed E-state index contributed by atoms with van der Waals surface area (Å²) in [4.78, 5) is 283. The molecule has 18 atom stereocenters. The van der Waals surface area contributed by atoms with Crippen LogP contribution in [0.4, 0.5) is 0 Å². The number of nitrogens with two attached hydrogens (primary N) is 2. The number of phenols is 1. The van der Waals surface area contributed by atoms with Crippen molar-refractivity contribution in [3.05, 3.63) is 102 Å². The molecule has 0 spiro atoms. The highest BCUT2D eigenvalue weighted by molar-refractivity contribution is 6.41. The van der Waals surface area contributed by atoms with Gasteiger partial charge in [0.05, 0.1) is 36.2 Å². The van der Waals surface area contributed by atoms with Gasteiger partial charge in [-0.1, -0.05) is 107 Å². The van der Waals surface area contributed by atoms with Gasteiger partial charge in [0, 0.05) is 88.0 Å². The lowest BCUT2D eigenvalue weighted by Crippen LogP contribution is -2.65. The van der Waals surface area contributed by atoms with E-state index in [1.54, 1.807) is 88.5 Å². The average molecular weight is 1940 g/mol. The van der Waals surface area contributed by atoms with E-state index in [4.69, 9.17) is 11.5 Å². The highest BCUT2D eigenvalue weighted by Crippen LogP contribution is 2.25. The third-order valence-electron chi connectivity index (χ3n) is 23.5. The van der Waals surface area contributed by atoms with Gasteiger partial charge in [-0.05, 0) is 185 Å². The molecule has 0 saturated carbocycles. The fraction of sp³-hybridized carbons (Fsp3) is 0.551. The summed E-state index contributed by atoms with van der Waals surface area (Å²) in [7, 11) is 0. The molecule has 2 heterocycles. The number of carbonyl (C=O) groups excluding carboxylic acids is 19. The predicted octanol–water partition coefficient (Wildman–Crippen LogP) is -0.202. The zero-order valence-corrected chi connectivity index (χ0v) is 81.6. The molecule has 758 valence electrons. The molecule has 0 fully saturated rings. The smallest absolute Gasteiger partial charge is 0.303 e. The van der Waals surface area contributed by atoms with Crippen molar-refractivity contribution in [2.75, 3.05) is 13.1 Å². The van der Waals surface area contributed by atoms with Crippen molar-refractivity contribution in [1.82, 2.24) is 84.7 Å². The second-order valence-corrected chi connectivity index (χ2v) is 36.8. The summed E-state index contributed by atoms with van der Waals surface area (Å²) in [5.41, 5.74) is 8.72. The number of amides is 15. The fourth-order valence-corrected chi connectivity index (χ4v) is 15.0. The van der Waals surface area contributed by atoms with Crippen LogP contribution in [-0.2, 0) is 115 Å². The Morgan fingerprint density at radius 3 is 1.65 bits per heavy atom. The maximum absolute atomic E-state index is 15.5. The summed E-state index contributed by atoms with van der Waals surface area (Å²) < 4.78 is 0. The minimum Gasteiger partial charge on any atom is -0.508 e. The molecule has 1 aliphatic rings. The van der Waals surface area contributed by atoms with Gasteiger partial charge in [0.1, 0.15) is 71.2 Å². The largest absolute Gasteiger partial charge is 0.508 e. The number of rotatable bonds is 39. The van der Waals surface area contributed by atoms with Gasteiger partial charge in [-0.2, -0.15) is 0 Å². The molecule has 41 nitrogen and oxygen atoms in total. The van der Waals surface area contributed by atoms with Gasteiger partial charge < -0.3 is 112 Å². The quantitative estimate of drug-likeness (QED) is 0.0203. The molecule has 0 saturated heterocycles. The number of benzene rings is 3. The molecular weight excluding hydrogens is 1800 g/mol. The summed E-state index contributed by atoms with van der Waals surface area (Å²) in [6.45, 7) is 21.1. The summed E-state index contributed by atoms with van der Waals surface area (Å²) >= 11 is 0. The lowest BCUT2D eigenvalue weighted by Gasteiger charge is -2.34. The molecule has 5 rings (SSSR count). The van der Waals surface area contributed by atoms with Crippen LogP contribution in [0, 0.1) is 47.4 Å². The van der Waals surface area contributed by atoms with Crippen LogP contribution in [0.25, 0.3) is 10.9 Å². The van der Waals surface area contributed by atoms with Crippen molar-refractivity contribution in [3.63, 3.8) is 0 Å². The van der Waals surface area contributed by atoms with Gasteiger partial charge in [-0.25, -0.2) is 0 Å². The molecule has 0 bridgehead atoms. The van der Waals surface area contributed by atoms with Gasteiger partial charge in [-0.3, -0.25) is 95.9 Å². The van der Waals surface area contributed by atoms with Gasteiger partial charge in [0.25, 0.3) is 0 Å². The number of aromatic amines is 1. The lowest BCUT2D eigenvalue weighted by atomic mass is 9.89. The van der Waals surface area contributed by atoms with E-state index in [2.05, 4.69) is 108 Å². The number of ketones is 4. The number of aliphatic carboxylic acids is 1. The molecule has 3 aromatic carbocycles. The predicted molar refractivity (Wildman–Crippen MR) is 512 cm³/mol. The number of nitrogens with one attached hydrogen (secondary N) is 16. The van der Waals surface area contributed by atoms with E-state index in [0.29, 0.717) is 27.6 Å². The summed E-state index contributed by atoms with van der Waals surface area (Å²) in [5, 5.41) is 71.6. The van der Waals surface area contributed by atoms with Gasteiger partial charge >= 0.3 is 5.97 Å². The minimum absolute atomic E-state index is 0.00663. The summed E-state index contributed by atoms with van der Waals surface area (Å²) in [6, 6.07) is 0.833. The van der Waals surface area contributed by atoms with E-state index in [-0.39, 0.29) is 108 Å². The monoisotopic (exact) mass is 1940 g/mol. The fourth-order valence-electron chi connectivity index (χ4n) is 15.0. The summed E-state index contributed by atoms with van der Waals surface area (Å²) in [6.07, 6.45) is -2.65. The molecule has 139 heavy (non-hydrogen) atoms. The van der Waals surface area contributed by atoms with Crippen LogP contribution >= 0.6 is 0 Å². The molecule has 23 N–H and O–H groups in total. The SMILES string of the molecule is CC(=O)N[C@@H](CC(C)C)C(=O)N[C@H](C(=O)N[C@@H](Cc1ccccc1)C(=O)N[C@@]1(C)CCCCC#CC#CCCCC[C@@](C)(C(=O)NC(C)C(=O)N[C@@H](C)C(=O)NC(C)C(=O)N[C@@H](C)C(=O)C(=O)[C@H](C)NC[C@H](C)C(N)=O)NC(=O)[C@H](CC(C)C)CN[C@@H](CCC(N)=O)C(=O)C(=O)C(C)NC(=O)[C@H](Cc2c[nH]c3ccccc23)NC(=O)C(Cc2ccc(O)cc2)NC(=O)[C@H](CCC(=O)O)NC1=O)[C@@H](C)O. The third-order valence-corrected chi connectivity index (χ3v) is 23.5. The Kier molecular flexibility index (Phi) is 46.8. The van der Waals surface area contributed by atoms with Crippen LogP contribution in [0.2, 0.25) is 0 Å².